The highest BCUT2D eigenvalue weighted by Gasteiger charge is 2.19. The first-order chi connectivity index (χ1) is 16.3. The smallest absolute Gasteiger partial charge is 0.230 e. The van der Waals surface area contributed by atoms with E-state index in [-0.39, 0.29) is 6.79 Å². The fourth-order valence-electron chi connectivity index (χ4n) is 4.28. The van der Waals surface area contributed by atoms with Crippen LogP contribution in [0.3, 0.4) is 0 Å². The predicted octanol–water partition coefficient (Wildman–Crippen LogP) is 6.77. The van der Waals surface area contributed by atoms with E-state index in [4.69, 9.17) is 9.47 Å². The molecule has 2 heteroatoms. The van der Waals surface area contributed by atoms with Crippen molar-refractivity contribution in [1.29, 1.82) is 0 Å². The Morgan fingerprint density at radius 1 is 0.606 bits per heavy atom. The van der Waals surface area contributed by atoms with Gasteiger partial charge in [0.15, 0.2) is 0 Å². The molecule has 0 fully saturated rings. The Labute approximate surface area is 195 Å². The van der Waals surface area contributed by atoms with Gasteiger partial charge in [0, 0.05) is 11.1 Å². The lowest BCUT2D eigenvalue weighted by molar-refractivity contribution is 0.120. The topological polar surface area (TPSA) is 18.5 Å². The standard InChI is InChI=1S/C31H26O2/c1-2-8-30(9-3-1)32-23-33-31-20-14-25(15-21-31)11-10-24-12-16-27(17-13-24)29-19-18-26-6-4-5-7-28(26)22-29/h1-9,12-17,20-21,29H,18-19,22-23H2. The van der Waals surface area contributed by atoms with Gasteiger partial charge in [-0.3, -0.25) is 0 Å². The third-order valence-electron chi connectivity index (χ3n) is 6.13. The number of aryl methyl sites for hydroxylation is 1. The van der Waals surface area contributed by atoms with Crippen molar-refractivity contribution < 1.29 is 9.47 Å². The van der Waals surface area contributed by atoms with Crippen molar-refractivity contribution in [1.82, 2.24) is 0 Å². The molecule has 4 aromatic carbocycles. The van der Waals surface area contributed by atoms with Gasteiger partial charge in [-0.15, -0.1) is 0 Å². The second-order valence-electron chi connectivity index (χ2n) is 8.32. The third-order valence-corrected chi connectivity index (χ3v) is 6.13. The molecular formula is C31H26O2. The molecule has 1 aliphatic rings. The van der Waals surface area contributed by atoms with Crippen LogP contribution >= 0.6 is 0 Å². The van der Waals surface area contributed by atoms with Gasteiger partial charge in [0.2, 0.25) is 6.79 Å². The maximum absolute atomic E-state index is 5.65. The number of para-hydroxylation sites is 1. The lowest BCUT2D eigenvalue weighted by Crippen LogP contribution is -2.12. The van der Waals surface area contributed by atoms with Crippen molar-refractivity contribution in [2.24, 2.45) is 0 Å². The van der Waals surface area contributed by atoms with E-state index < -0.39 is 0 Å². The number of rotatable bonds is 5. The van der Waals surface area contributed by atoms with Gasteiger partial charge < -0.3 is 9.47 Å². The van der Waals surface area contributed by atoms with Crippen LogP contribution in [0.2, 0.25) is 0 Å². The first kappa shape index (κ1) is 20.9. The zero-order valence-corrected chi connectivity index (χ0v) is 18.5. The van der Waals surface area contributed by atoms with Gasteiger partial charge in [-0.05, 0) is 90.4 Å². The Balaban J connectivity index is 1.16. The van der Waals surface area contributed by atoms with Gasteiger partial charge >= 0.3 is 0 Å². The van der Waals surface area contributed by atoms with Crippen LogP contribution in [0.5, 0.6) is 11.5 Å². The number of hydrogen-bond acceptors (Lipinski definition) is 2. The summed E-state index contributed by atoms with van der Waals surface area (Å²) >= 11 is 0. The van der Waals surface area contributed by atoms with Gasteiger partial charge in [0.1, 0.15) is 11.5 Å². The van der Waals surface area contributed by atoms with E-state index in [1.807, 2.05) is 54.6 Å². The normalized spacial score (nSPS) is 14.5. The summed E-state index contributed by atoms with van der Waals surface area (Å²) in [5.74, 6) is 8.67. The van der Waals surface area contributed by atoms with E-state index in [0.717, 1.165) is 29.0 Å². The van der Waals surface area contributed by atoms with Gasteiger partial charge in [-0.1, -0.05) is 66.4 Å². The van der Waals surface area contributed by atoms with Crippen molar-refractivity contribution >= 4 is 0 Å². The van der Waals surface area contributed by atoms with E-state index in [2.05, 4.69) is 60.4 Å². The molecular weight excluding hydrogens is 404 g/mol. The van der Waals surface area contributed by atoms with Crippen LogP contribution < -0.4 is 9.47 Å². The van der Waals surface area contributed by atoms with Gasteiger partial charge in [0.25, 0.3) is 0 Å². The minimum absolute atomic E-state index is 0.175. The highest BCUT2D eigenvalue weighted by molar-refractivity contribution is 5.45. The molecule has 1 unspecified atom stereocenters. The van der Waals surface area contributed by atoms with Crippen LogP contribution in [-0.4, -0.2) is 6.79 Å². The largest absolute Gasteiger partial charge is 0.458 e. The summed E-state index contributed by atoms with van der Waals surface area (Å²) < 4.78 is 11.2. The molecule has 0 radical (unpaired) electrons. The lowest BCUT2D eigenvalue weighted by Gasteiger charge is -2.25. The molecule has 1 aliphatic carbocycles. The van der Waals surface area contributed by atoms with Crippen LogP contribution in [0, 0.1) is 11.8 Å². The zero-order valence-electron chi connectivity index (χ0n) is 18.5. The van der Waals surface area contributed by atoms with Crippen molar-refractivity contribution in [2.75, 3.05) is 6.79 Å². The van der Waals surface area contributed by atoms with Gasteiger partial charge in [-0.2, -0.15) is 0 Å². The molecule has 5 rings (SSSR count). The van der Waals surface area contributed by atoms with Crippen molar-refractivity contribution in [3.63, 3.8) is 0 Å². The molecule has 0 saturated heterocycles. The second kappa shape index (κ2) is 10.1. The van der Waals surface area contributed by atoms with Crippen molar-refractivity contribution in [3.8, 4) is 23.3 Å². The highest BCUT2D eigenvalue weighted by Crippen LogP contribution is 2.32. The Bertz CT molecular complexity index is 1250. The molecule has 33 heavy (non-hydrogen) atoms. The minimum atomic E-state index is 0.175. The zero-order chi connectivity index (χ0) is 22.3. The Kier molecular flexibility index (Phi) is 6.41. The minimum Gasteiger partial charge on any atom is -0.458 e. The quantitative estimate of drug-likeness (QED) is 0.257. The van der Waals surface area contributed by atoms with Crippen molar-refractivity contribution in [3.05, 3.63) is 131 Å². The first-order valence-electron chi connectivity index (χ1n) is 11.4. The molecule has 2 nitrogen and oxygen atoms in total. The van der Waals surface area contributed by atoms with Crippen LogP contribution in [0.4, 0.5) is 0 Å². The van der Waals surface area contributed by atoms with Crippen molar-refractivity contribution in [2.45, 2.75) is 25.2 Å². The number of hydrogen-bond donors (Lipinski definition) is 0. The molecule has 0 aliphatic heterocycles. The fraction of sp³-hybridized carbons (Fsp3) is 0.161. The summed E-state index contributed by atoms with van der Waals surface area (Å²) in [5.41, 5.74) is 6.41. The van der Waals surface area contributed by atoms with E-state index in [1.54, 1.807) is 0 Å². The summed E-state index contributed by atoms with van der Waals surface area (Å²) in [4.78, 5) is 0. The molecule has 0 N–H and O–H groups in total. The monoisotopic (exact) mass is 430 g/mol. The SMILES string of the molecule is C(#Cc1ccc(C2CCc3ccccc3C2)cc1)c1ccc(OCOc2ccccc2)cc1. The van der Waals surface area contributed by atoms with Crippen LogP contribution in [0.15, 0.2) is 103 Å². The molecule has 0 aromatic heterocycles. The average molecular weight is 431 g/mol. The van der Waals surface area contributed by atoms with E-state index in [0.29, 0.717) is 5.92 Å². The maximum Gasteiger partial charge on any atom is 0.230 e. The molecule has 1 atom stereocenters. The fourth-order valence-corrected chi connectivity index (χ4v) is 4.28. The van der Waals surface area contributed by atoms with Crippen LogP contribution in [0.25, 0.3) is 0 Å². The summed E-state index contributed by atoms with van der Waals surface area (Å²) in [6.07, 6.45) is 3.51. The molecule has 0 heterocycles. The number of fused-ring (bicyclic) bond motifs is 1. The summed E-state index contributed by atoms with van der Waals surface area (Å²) in [6, 6.07) is 35.0. The number of ether oxygens (including phenoxy) is 2. The summed E-state index contributed by atoms with van der Waals surface area (Å²) in [7, 11) is 0. The first-order valence-corrected chi connectivity index (χ1v) is 11.4. The van der Waals surface area contributed by atoms with Crippen LogP contribution in [0.1, 0.15) is 40.2 Å². The van der Waals surface area contributed by atoms with E-state index >= 15 is 0 Å². The van der Waals surface area contributed by atoms with E-state index in [9.17, 15) is 0 Å². The average Bonchev–Trinajstić information content (AvgIpc) is 2.89. The predicted molar refractivity (Wildman–Crippen MR) is 133 cm³/mol. The molecule has 4 aromatic rings. The van der Waals surface area contributed by atoms with Gasteiger partial charge in [0.05, 0.1) is 0 Å². The third kappa shape index (κ3) is 5.45. The molecule has 162 valence electrons. The molecule has 0 amide bonds. The Morgan fingerprint density at radius 3 is 1.88 bits per heavy atom. The second-order valence-corrected chi connectivity index (χ2v) is 8.32. The number of benzene rings is 4. The molecule has 0 spiro atoms. The Morgan fingerprint density at radius 2 is 1.18 bits per heavy atom. The molecule has 0 bridgehead atoms. The summed E-state index contributed by atoms with van der Waals surface area (Å²) in [6.45, 7) is 0.175. The van der Waals surface area contributed by atoms with Crippen LogP contribution in [-0.2, 0) is 12.8 Å². The van der Waals surface area contributed by atoms with E-state index in [1.165, 1.54) is 29.5 Å². The Hall–Kier alpha value is -3.96. The highest BCUT2D eigenvalue weighted by atomic mass is 16.7. The molecule has 0 saturated carbocycles. The lowest BCUT2D eigenvalue weighted by atomic mass is 9.80. The van der Waals surface area contributed by atoms with Gasteiger partial charge in [-0.25, -0.2) is 0 Å². The maximum atomic E-state index is 5.65. The summed E-state index contributed by atoms with van der Waals surface area (Å²) in [5, 5.41) is 0.